The molecule has 0 bridgehead atoms. The van der Waals surface area contributed by atoms with Crippen LogP contribution in [0.4, 0.5) is 0 Å². The number of nitrogens with zero attached hydrogens (tertiary/aromatic N) is 3. The van der Waals surface area contributed by atoms with Gasteiger partial charge in [0.2, 0.25) is 10.0 Å². The van der Waals surface area contributed by atoms with Gasteiger partial charge in [-0.15, -0.1) is 0 Å². The van der Waals surface area contributed by atoms with Crippen molar-refractivity contribution in [3.8, 4) is 11.5 Å². The molecule has 7 nitrogen and oxygen atoms in total. The summed E-state index contributed by atoms with van der Waals surface area (Å²) in [5.41, 5.74) is 2.11. The van der Waals surface area contributed by atoms with E-state index in [1.54, 1.807) is 22.5 Å². The minimum atomic E-state index is -3.59. The lowest BCUT2D eigenvalue weighted by molar-refractivity contribution is 0.0356. The maximum atomic E-state index is 13.5. The highest BCUT2D eigenvalue weighted by Gasteiger charge is 2.42. The molecule has 0 N–H and O–H groups in total. The van der Waals surface area contributed by atoms with Gasteiger partial charge in [0.15, 0.2) is 11.5 Å². The number of aryl methyl sites for hydroxylation is 1. The lowest BCUT2D eigenvalue weighted by Gasteiger charge is -2.48. The molecule has 5 rings (SSSR count). The fourth-order valence-electron chi connectivity index (χ4n) is 5.40. The lowest BCUT2D eigenvalue weighted by Crippen LogP contribution is -2.53. The summed E-state index contributed by atoms with van der Waals surface area (Å²) in [4.78, 5) is 7.40. The number of benzene rings is 1. The largest absolute Gasteiger partial charge is 0.486 e. The summed E-state index contributed by atoms with van der Waals surface area (Å²) in [5.74, 6) is 1.12. The zero-order valence-electron chi connectivity index (χ0n) is 18.6. The Bertz CT molecular complexity index is 1090. The first-order chi connectivity index (χ1) is 15.4. The summed E-state index contributed by atoms with van der Waals surface area (Å²) in [7, 11) is -3.59. The van der Waals surface area contributed by atoms with E-state index in [0.29, 0.717) is 37.8 Å². The Morgan fingerprint density at radius 2 is 1.78 bits per heavy atom. The molecule has 3 aliphatic rings. The Morgan fingerprint density at radius 1 is 1.00 bits per heavy atom. The maximum Gasteiger partial charge on any atom is 0.243 e. The van der Waals surface area contributed by atoms with Crippen LogP contribution in [0.1, 0.15) is 37.1 Å². The fraction of sp³-hybridized carbons (Fsp3) is 0.542. The third kappa shape index (κ3) is 4.36. The Kier molecular flexibility index (Phi) is 5.86. The van der Waals surface area contributed by atoms with Crippen LogP contribution in [0.2, 0.25) is 0 Å². The molecule has 172 valence electrons. The van der Waals surface area contributed by atoms with Gasteiger partial charge in [0.25, 0.3) is 0 Å². The number of rotatable bonds is 4. The molecule has 0 aliphatic carbocycles. The summed E-state index contributed by atoms with van der Waals surface area (Å²) in [6.45, 7) is 6.85. The van der Waals surface area contributed by atoms with Crippen molar-refractivity contribution in [3.05, 3.63) is 47.8 Å². The predicted octanol–water partition coefficient (Wildman–Crippen LogP) is 3.23. The molecule has 4 heterocycles. The van der Waals surface area contributed by atoms with Crippen molar-refractivity contribution in [2.45, 2.75) is 44.0 Å². The first kappa shape index (κ1) is 21.7. The molecule has 0 saturated carbocycles. The lowest BCUT2D eigenvalue weighted by atomic mass is 9.74. The van der Waals surface area contributed by atoms with Gasteiger partial charge in [-0.05, 0) is 68.8 Å². The fourth-order valence-corrected chi connectivity index (χ4v) is 7.00. The van der Waals surface area contributed by atoms with Crippen LogP contribution in [0, 0.1) is 12.3 Å². The van der Waals surface area contributed by atoms with E-state index in [0.717, 1.165) is 56.7 Å². The number of pyridine rings is 1. The van der Waals surface area contributed by atoms with Crippen LogP contribution in [0.25, 0.3) is 0 Å². The minimum absolute atomic E-state index is 0.00120. The zero-order chi connectivity index (χ0) is 22.2. The number of hydrogen-bond acceptors (Lipinski definition) is 6. The second-order valence-corrected chi connectivity index (χ2v) is 11.3. The van der Waals surface area contributed by atoms with Gasteiger partial charge >= 0.3 is 0 Å². The highest BCUT2D eigenvalue weighted by Crippen LogP contribution is 2.41. The van der Waals surface area contributed by atoms with Crippen molar-refractivity contribution >= 4 is 10.0 Å². The van der Waals surface area contributed by atoms with E-state index in [1.165, 1.54) is 0 Å². The highest BCUT2D eigenvalue weighted by molar-refractivity contribution is 7.89. The number of likely N-dealkylation sites (tertiary alicyclic amines) is 1. The van der Waals surface area contributed by atoms with E-state index in [2.05, 4.69) is 22.0 Å². The van der Waals surface area contributed by atoms with Crippen LogP contribution >= 0.6 is 0 Å². The van der Waals surface area contributed by atoms with Crippen LogP contribution in [-0.2, 0) is 16.6 Å². The number of aromatic nitrogens is 1. The molecule has 2 saturated heterocycles. The van der Waals surface area contributed by atoms with E-state index >= 15 is 0 Å². The third-order valence-corrected chi connectivity index (χ3v) is 8.69. The first-order valence-electron chi connectivity index (χ1n) is 11.5. The van der Waals surface area contributed by atoms with Gasteiger partial charge in [0.1, 0.15) is 13.2 Å². The molecule has 3 aliphatic heterocycles. The highest BCUT2D eigenvalue weighted by atomic mass is 32.2. The number of fused-ring (bicyclic) bond motifs is 1. The van der Waals surface area contributed by atoms with Crippen molar-refractivity contribution in [3.63, 3.8) is 0 Å². The average molecular weight is 458 g/mol. The molecular weight excluding hydrogens is 426 g/mol. The van der Waals surface area contributed by atoms with Crippen LogP contribution in [-0.4, -0.2) is 62.0 Å². The average Bonchev–Trinajstić information content (AvgIpc) is 2.79. The van der Waals surface area contributed by atoms with Gasteiger partial charge in [-0.2, -0.15) is 4.31 Å². The number of ether oxygens (including phenoxy) is 2. The van der Waals surface area contributed by atoms with E-state index in [-0.39, 0.29) is 10.3 Å². The maximum absolute atomic E-state index is 13.5. The molecule has 0 amide bonds. The van der Waals surface area contributed by atoms with Crippen molar-refractivity contribution in [1.29, 1.82) is 0 Å². The van der Waals surface area contributed by atoms with Gasteiger partial charge < -0.3 is 9.47 Å². The Balaban J connectivity index is 1.33. The van der Waals surface area contributed by atoms with E-state index in [9.17, 15) is 8.42 Å². The standard InChI is InChI=1S/C24H31N3O4S/c1-19-5-2-6-20(25-19)16-26-11-3-9-24(17-26)10-4-12-27(18-24)32(28,29)21-7-8-22-23(15-21)31-14-13-30-22/h2,5-8,15H,3-4,9-14,16-18H2,1H3. The molecule has 8 heteroatoms. The molecular formula is C24H31N3O4S. The normalized spacial score (nSPS) is 24.5. The molecule has 1 aromatic carbocycles. The molecule has 32 heavy (non-hydrogen) atoms. The van der Waals surface area contributed by atoms with E-state index in [1.807, 2.05) is 13.0 Å². The van der Waals surface area contributed by atoms with Gasteiger partial charge in [0, 0.05) is 37.9 Å². The zero-order valence-corrected chi connectivity index (χ0v) is 19.4. The molecule has 1 aromatic heterocycles. The topological polar surface area (TPSA) is 72.0 Å². The van der Waals surface area contributed by atoms with Crippen molar-refractivity contribution in [2.75, 3.05) is 39.4 Å². The quantitative estimate of drug-likeness (QED) is 0.702. The van der Waals surface area contributed by atoms with Gasteiger partial charge in [0.05, 0.1) is 10.6 Å². The van der Waals surface area contributed by atoms with Gasteiger partial charge in [-0.25, -0.2) is 8.42 Å². The predicted molar refractivity (Wildman–Crippen MR) is 121 cm³/mol. The van der Waals surface area contributed by atoms with E-state index < -0.39 is 10.0 Å². The summed E-state index contributed by atoms with van der Waals surface area (Å²) in [5, 5.41) is 0. The number of piperidine rings is 2. The van der Waals surface area contributed by atoms with Crippen LogP contribution in [0.15, 0.2) is 41.3 Å². The van der Waals surface area contributed by atoms with Gasteiger partial charge in [-0.1, -0.05) is 6.07 Å². The smallest absolute Gasteiger partial charge is 0.243 e. The SMILES string of the molecule is Cc1cccc(CN2CCCC3(CCCN(S(=O)(=O)c4ccc5c(c4)OCCO5)C3)C2)n1. The van der Waals surface area contributed by atoms with Crippen LogP contribution < -0.4 is 9.47 Å². The molecule has 1 spiro atoms. The minimum Gasteiger partial charge on any atom is -0.486 e. The van der Waals surface area contributed by atoms with Crippen molar-refractivity contribution < 1.29 is 17.9 Å². The summed E-state index contributed by atoms with van der Waals surface area (Å²) in [6, 6.07) is 11.1. The third-order valence-electron chi connectivity index (χ3n) is 6.85. The monoisotopic (exact) mass is 457 g/mol. The Labute approximate surface area is 190 Å². The van der Waals surface area contributed by atoms with Crippen molar-refractivity contribution in [2.24, 2.45) is 5.41 Å². The van der Waals surface area contributed by atoms with Crippen molar-refractivity contribution in [1.82, 2.24) is 14.2 Å². The Hall–Kier alpha value is -2.16. The summed E-state index contributed by atoms with van der Waals surface area (Å²) >= 11 is 0. The molecule has 2 aromatic rings. The summed E-state index contributed by atoms with van der Waals surface area (Å²) < 4.78 is 39.9. The second kappa shape index (κ2) is 8.65. The Morgan fingerprint density at radius 3 is 2.59 bits per heavy atom. The second-order valence-electron chi connectivity index (χ2n) is 9.33. The molecule has 0 radical (unpaired) electrons. The molecule has 2 fully saturated rings. The first-order valence-corrected chi connectivity index (χ1v) is 12.9. The molecule has 1 unspecified atom stereocenters. The van der Waals surface area contributed by atoms with E-state index in [4.69, 9.17) is 9.47 Å². The summed E-state index contributed by atoms with van der Waals surface area (Å²) in [6.07, 6.45) is 4.11. The molecule has 1 atom stereocenters. The van der Waals surface area contributed by atoms with Crippen LogP contribution in [0.5, 0.6) is 11.5 Å². The van der Waals surface area contributed by atoms with Crippen LogP contribution in [0.3, 0.4) is 0 Å². The number of sulfonamides is 1. The van der Waals surface area contributed by atoms with Gasteiger partial charge in [-0.3, -0.25) is 9.88 Å². The number of hydrogen-bond donors (Lipinski definition) is 0.